The summed E-state index contributed by atoms with van der Waals surface area (Å²) in [4.78, 5) is 59.0. The lowest BCUT2D eigenvalue weighted by Crippen LogP contribution is -2.51. The molecular weight excluding hydrogens is 1110 g/mol. The van der Waals surface area contributed by atoms with Crippen LogP contribution in [-0.2, 0) is 57.1 Å². The molecule has 88 heavy (non-hydrogen) atoms. The molecule has 0 spiro atoms. The molecule has 0 aromatic rings. The first-order chi connectivity index (χ1) is 42.6. The Balaban J connectivity index is 0.00000781. The Morgan fingerprint density at radius 1 is 0.455 bits per heavy atom. The molecule has 2 rings (SSSR count). The zero-order valence-corrected chi connectivity index (χ0v) is 59.8. The normalized spacial score (nSPS) is 19.3. The highest BCUT2D eigenvalue weighted by molar-refractivity contribution is 5.70. The molecule has 5 atom stereocenters. The van der Waals surface area contributed by atoms with E-state index in [1.165, 1.54) is 109 Å². The van der Waals surface area contributed by atoms with E-state index in [0.29, 0.717) is 84.0 Å². The molecule has 0 amide bonds. The Hall–Kier alpha value is -2.62. The Labute approximate surface area is 542 Å². The van der Waals surface area contributed by atoms with Crippen molar-refractivity contribution in [1.29, 1.82) is 0 Å². The van der Waals surface area contributed by atoms with Crippen LogP contribution in [0.1, 0.15) is 314 Å². The maximum Gasteiger partial charge on any atom is 0.306 e. The van der Waals surface area contributed by atoms with Gasteiger partial charge in [0.25, 0.3) is 0 Å². The van der Waals surface area contributed by atoms with Crippen molar-refractivity contribution in [2.45, 2.75) is 327 Å². The molecule has 0 aromatic heterocycles. The van der Waals surface area contributed by atoms with Crippen LogP contribution in [0.15, 0.2) is 12.2 Å². The van der Waals surface area contributed by atoms with Gasteiger partial charge in [-0.1, -0.05) is 224 Å². The number of rotatable bonds is 54. The molecule has 0 heterocycles. The lowest BCUT2D eigenvalue weighted by atomic mass is 9.51. The number of nitrogens with zero attached hydrogens (tertiary/aromatic N) is 2. The molecule has 520 valence electrons. The highest BCUT2D eigenvalue weighted by Gasteiger charge is 2.54. The van der Waals surface area contributed by atoms with Crippen LogP contribution in [0.4, 0.5) is 0 Å². The van der Waals surface area contributed by atoms with E-state index < -0.39 is 28.8 Å². The van der Waals surface area contributed by atoms with E-state index in [9.17, 15) is 19.2 Å². The summed E-state index contributed by atoms with van der Waals surface area (Å²) in [6.45, 7) is 33.9. The van der Waals surface area contributed by atoms with Crippen LogP contribution in [0.5, 0.6) is 0 Å². The van der Waals surface area contributed by atoms with Gasteiger partial charge in [-0.05, 0) is 103 Å². The molecule has 1 saturated carbocycles. The van der Waals surface area contributed by atoms with E-state index in [1.54, 1.807) is 7.11 Å². The van der Waals surface area contributed by atoms with Gasteiger partial charge in [-0.2, -0.15) is 0 Å². The maximum atomic E-state index is 13.9. The largest absolute Gasteiger partial charge is 0.465 e. The van der Waals surface area contributed by atoms with Crippen LogP contribution in [0.2, 0.25) is 0 Å². The summed E-state index contributed by atoms with van der Waals surface area (Å²) in [5.74, 6) is -1.19. The first-order valence-electron chi connectivity index (χ1n) is 36.7. The van der Waals surface area contributed by atoms with Gasteiger partial charge in [-0.25, -0.2) is 0 Å². The number of hydrogen-bond acceptors (Lipinski definition) is 14. The molecule has 2 aliphatic rings. The topological polar surface area (TPSA) is 149 Å². The Morgan fingerprint density at radius 2 is 0.841 bits per heavy atom. The average molecular weight is 1250 g/mol. The van der Waals surface area contributed by atoms with Gasteiger partial charge in [-0.3, -0.25) is 19.2 Å². The van der Waals surface area contributed by atoms with E-state index in [0.717, 1.165) is 84.2 Å². The number of ether oxygens (including phenoxy) is 8. The second-order valence-electron chi connectivity index (χ2n) is 26.3. The summed E-state index contributed by atoms with van der Waals surface area (Å²) < 4.78 is 49.1. The van der Waals surface area contributed by atoms with Gasteiger partial charge >= 0.3 is 23.9 Å². The lowest BCUT2D eigenvalue weighted by molar-refractivity contribution is -0.169. The van der Waals surface area contributed by atoms with Gasteiger partial charge < -0.3 is 47.7 Å². The minimum absolute atomic E-state index is 0.0904. The monoisotopic (exact) mass is 1250 g/mol. The molecule has 2 aliphatic carbocycles. The van der Waals surface area contributed by atoms with E-state index >= 15 is 0 Å². The third kappa shape index (κ3) is 44.8. The second-order valence-corrected chi connectivity index (χ2v) is 26.3. The average Bonchev–Trinajstić information content (AvgIpc) is 2.21. The first-order valence-corrected chi connectivity index (χ1v) is 36.7. The second kappa shape index (κ2) is 57.1. The van der Waals surface area contributed by atoms with E-state index in [2.05, 4.69) is 105 Å². The molecule has 0 saturated heterocycles. The SMILES string of the molecule is CCC.CCCCCC.CCCCCCCCOC(CCC(=O)OCC12C=CC(COC(=O)CCCN(CC)CC)CCC(COC(=O)CCCN(CC)CC)(CC(C)(COC(=O)CCC(OCCCCCCCC)OCCCCCCCC)C1)C2)OC. The van der Waals surface area contributed by atoms with Crippen molar-refractivity contribution in [2.24, 2.45) is 22.2 Å². The summed E-state index contributed by atoms with van der Waals surface area (Å²) in [7, 11) is 1.61. The summed E-state index contributed by atoms with van der Waals surface area (Å²) in [6.07, 6.45) is 37.3. The van der Waals surface area contributed by atoms with Gasteiger partial charge in [-0.15, -0.1) is 0 Å². The van der Waals surface area contributed by atoms with Crippen LogP contribution in [0.25, 0.3) is 0 Å². The Bertz CT molecular complexity index is 1650. The van der Waals surface area contributed by atoms with Crippen LogP contribution in [0, 0.1) is 22.2 Å². The fourth-order valence-electron chi connectivity index (χ4n) is 12.4. The van der Waals surface area contributed by atoms with E-state index in [-0.39, 0.29) is 69.1 Å². The first kappa shape index (κ1) is 85.4. The van der Waals surface area contributed by atoms with Gasteiger partial charge in [0.1, 0.15) is 6.61 Å². The number of methoxy groups -OCH3 is 1. The van der Waals surface area contributed by atoms with Crippen molar-refractivity contribution >= 4 is 23.9 Å². The number of carbonyl (C=O) groups excluding carboxylic acids is 4. The number of hydrogen-bond donors (Lipinski definition) is 0. The summed E-state index contributed by atoms with van der Waals surface area (Å²) >= 11 is 0. The molecule has 14 heteroatoms. The standard InChI is InChI=1S/C65H120N2O12.C6H14.C3H8/c1-10-17-20-23-26-29-46-73-61(72-9)38-36-60(71)79-55-65-43-41-56(49-76-57(68)34-32-44-66(13-4)14-5)40-42-64(52-65,54-78-58(69)35-33-45-67(15-6)16-7)50-63(8,51-65)53-77-59(70)37-39-62(74-47-30-27-24-21-18-11-2)75-48-31-28-25-22-19-12-3;1-3-5-6-4-2;1-3-2/h41,43,56,61-62H,10-40,42,44-55H2,1-9H3;3-6H2,1-2H3;3H2,1-2H3. The van der Waals surface area contributed by atoms with Crippen LogP contribution >= 0.6 is 0 Å². The molecule has 0 radical (unpaired) electrons. The lowest BCUT2D eigenvalue weighted by Gasteiger charge is -2.54. The predicted molar refractivity (Wildman–Crippen MR) is 363 cm³/mol. The van der Waals surface area contributed by atoms with Crippen LogP contribution in [-0.4, -0.2) is 139 Å². The van der Waals surface area contributed by atoms with E-state index in [1.807, 2.05) is 0 Å². The van der Waals surface area contributed by atoms with Gasteiger partial charge in [0.05, 0.1) is 32.7 Å². The molecule has 0 aliphatic heterocycles. The van der Waals surface area contributed by atoms with E-state index in [4.69, 9.17) is 37.9 Å². The summed E-state index contributed by atoms with van der Waals surface area (Å²) in [5.41, 5.74) is -1.83. The number of fused-ring (bicyclic) bond motifs is 2. The van der Waals surface area contributed by atoms with Crippen molar-refractivity contribution in [3.8, 4) is 0 Å². The number of unbranched alkanes of at least 4 members (excludes halogenated alkanes) is 18. The fraction of sp³-hybridized carbons (Fsp3) is 0.919. The van der Waals surface area contributed by atoms with Crippen LogP contribution < -0.4 is 0 Å². The molecule has 14 nitrogen and oxygen atoms in total. The van der Waals surface area contributed by atoms with Crippen molar-refractivity contribution in [1.82, 2.24) is 9.80 Å². The van der Waals surface area contributed by atoms with Crippen molar-refractivity contribution in [3.63, 3.8) is 0 Å². The summed E-state index contributed by atoms with van der Waals surface area (Å²) in [5, 5.41) is 0. The molecule has 2 bridgehead atoms. The summed E-state index contributed by atoms with van der Waals surface area (Å²) in [6, 6.07) is 0. The third-order valence-corrected chi connectivity index (χ3v) is 17.5. The maximum absolute atomic E-state index is 13.9. The zero-order chi connectivity index (χ0) is 65.4. The van der Waals surface area contributed by atoms with Crippen LogP contribution in [0.3, 0.4) is 0 Å². The van der Waals surface area contributed by atoms with Gasteiger partial charge in [0.2, 0.25) is 0 Å². The quantitative estimate of drug-likeness (QED) is 0.0187. The van der Waals surface area contributed by atoms with Crippen molar-refractivity contribution in [3.05, 3.63) is 12.2 Å². The Morgan fingerprint density at radius 3 is 1.30 bits per heavy atom. The van der Waals surface area contributed by atoms with Gasteiger partial charge in [0.15, 0.2) is 12.6 Å². The fourth-order valence-corrected chi connectivity index (χ4v) is 12.4. The van der Waals surface area contributed by atoms with Crippen molar-refractivity contribution < 1.29 is 57.1 Å². The highest BCUT2D eigenvalue weighted by atomic mass is 16.7. The molecule has 0 N–H and O–H groups in total. The third-order valence-electron chi connectivity index (χ3n) is 17.5. The minimum atomic E-state index is -0.703. The van der Waals surface area contributed by atoms with Gasteiger partial charge in [0, 0.05) is 74.8 Å². The number of carbonyl (C=O) groups is 4. The highest BCUT2D eigenvalue weighted by Crippen LogP contribution is 2.59. The smallest absolute Gasteiger partial charge is 0.306 e. The zero-order valence-electron chi connectivity index (χ0n) is 59.8. The Kier molecular flexibility index (Phi) is 55.4. The molecular formula is C74H142N2O12. The minimum Gasteiger partial charge on any atom is -0.465 e. The molecule has 5 unspecified atom stereocenters. The molecule has 0 aromatic carbocycles. The van der Waals surface area contributed by atoms with Crippen molar-refractivity contribution in [2.75, 3.05) is 92.6 Å². The predicted octanol–water partition coefficient (Wildman–Crippen LogP) is 18.5. The molecule has 1 fully saturated rings. The number of esters is 4.